The largest absolute Gasteiger partial charge is 0.458 e. The van der Waals surface area contributed by atoms with E-state index in [4.69, 9.17) is 18.9 Å². The Morgan fingerprint density at radius 2 is 1.96 bits per heavy atom. The Hall–Kier alpha value is -0.990. The summed E-state index contributed by atoms with van der Waals surface area (Å²) in [4.78, 5) is 12.1. The quantitative estimate of drug-likeness (QED) is 0.522. The van der Waals surface area contributed by atoms with Crippen molar-refractivity contribution in [1.29, 1.82) is 0 Å². The van der Waals surface area contributed by atoms with Gasteiger partial charge >= 0.3 is 5.97 Å². The lowest BCUT2D eigenvalue weighted by Gasteiger charge is -2.56. The number of hydrogen-bond acceptors (Lipinski definition) is 7. The van der Waals surface area contributed by atoms with Gasteiger partial charge in [-0.25, -0.2) is 4.79 Å². The lowest BCUT2D eigenvalue weighted by atomic mass is 9.44. The fraction of sp³-hybridized carbons (Fsp3) is 0.857. The van der Waals surface area contributed by atoms with Crippen LogP contribution in [0.15, 0.2) is 11.1 Å². The summed E-state index contributed by atoms with van der Waals surface area (Å²) in [6, 6.07) is 0. The standard InChI is InChI=1S/C21H26O7/c1-9(2)19-14(27-19)15-21(28-15)17(3)5-4-10-11(7-25-16(10)23)12(17)6-13-20(21,26-13)18(19,24)8-22/h9,12-15,22,24H,4-8H2,1-3H3/t12-,13-,14-,15-,17-,18-,19-,20?,21?/m0/s1. The third-order valence-electron chi connectivity index (χ3n) is 9.62. The predicted molar refractivity (Wildman–Crippen MR) is 93.1 cm³/mol. The summed E-state index contributed by atoms with van der Waals surface area (Å²) in [5.74, 6) is -0.0269. The van der Waals surface area contributed by atoms with E-state index in [9.17, 15) is 15.0 Å². The summed E-state index contributed by atoms with van der Waals surface area (Å²) in [5, 5.41) is 22.4. The summed E-state index contributed by atoms with van der Waals surface area (Å²) in [7, 11) is 0. The number of hydrogen-bond donors (Lipinski definition) is 2. The van der Waals surface area contributed by atoms with Gasteiger partial charge in [0.25, 0.3) is 0 Å². The van der Waals surface area contributed by atoms with Crippen LogP contribution in [-0.4, -0.2) is 70.1 Å². The van der Waals surface area contributed by atoms with Gasteiger partial charge in [-0.2, -0.15) is 0 Å². The molecule has 2 N–H and O–H groups in total. The molecule has 7 heteroatoms. The zero-order chi connectivity index (χ0) is 19.5. The van der Waals surface area contributed by atoms with Crippen LogP contribution in [0.1, 0.15) is 40.0 Å². The van der Waals surface area contributed by atoms with Crippen LogP contribution in [0.5, 0.6) is 0 Å². The monoisotopic (exact) mass is 390 g/mol. The van der Waals surface area contributed by atoms with Crippen molar-refractivity contribution in [2.24, 2.45) is 17.3 Å². The first-order valence-electron chi connectivity index (χ1n) is 10.5. The molecule has 3 aliphatic carbocycles. The van der Waals surface area contributed by atoms with Gasteiger partial charge in [0.1, 0.15) is 30.0 Å². The predicted octanol–water partition coefficient (Wildman–Crippen LogP) is 0.466. The maximum Gasteiger partial charge on any atom is 0.334 e. The first-order chi connectivity index (χ1) is 13.2. The van der Waals surface area contributed by atoms with Crippen molar-refractivity contribution in [1.82, 2.24) is 0 Å². The van der Waals surface area contributed by atoms with Crippen molar-refractivity contribution in [2.45, 2.75) is 80.7 Å². The molecule has 0 aromatic rings. The number of fused-ring (bicyclic) bond motifs is 4. The normalized spacial score (nSPS) is 62.1. The van der Waals surface area contributed by atoms with Crippen LogP contribution in [0.2, 0.25) is 0 Å². The molecule has 2 spiro atoms. The van der Waals surface area contributed by atoms with Crippen molar-refractivity contribution in [3.05, 3.63) is 11.1 Å². The third-order valence-corrected chi connectivity index (χ3v) is 9.62. The van der Waals surface area contributed by atoms with Gasteiger partial charge in [0.05, 0.1) is 12.7 Å². The van der Waals surface area contributed by atoms with Crippen molar-refractivity contribution in [3.63, 3.8) is 0 Å². The number of aliphatic hydroxyl groups excluding tert-OH is 1. The molecule has 0 amide bonds. The lowest BCUT2D eigenvalue weighted by molar-refractivity contribution is -0.185. The van der Waals surface area contributed by atoms with Gasteiger partial charge in [0.2, 0.25) is 0 Å². The maximum absolute atomic E-state index is 12.1. The smallest absolute Gasteiger partial charge is 0.334 e. The van der Waals surface area contributed by atoms with Crippen molar-refractivity contribution >= 4 is 5.97 Å². The van der Waals surface area contributed by atoms with Gasteiger partial charge in [-0.3, -0.25) is 0 Å². The molecule has 4 aliphatic heterocycles. The molecule has 5 fully saturated rings. The fourth-order valence-electron chi connectivity index (χ4n) is 8.32. The van der Waals surface area contributed by atoms with E-state index >= 15 is 0 Å². The summed E-state index contributed by atoms with van der Waals surface area (Å²) in [6.07, 6.45) is 1.58. The molecule has 0 radical (unpaired) electrons. The van der Waals surface area contributed by atoms with Crippen LogP contribution in [0, 0.1) is 17.3 Å². The SMILES string of the molecule is CC(C)[C@]12O[C@H]1[C@@H]1OC13C1(O[C@H]1C[C@H]1C4=C(CC[C@@]13C)C(=O)OC4)[C@]2(O)CO. The van der Waals surface area contributed by atoms with E-state index in [0.717, 1.165) is 17.6 Å². The first kappa shape index (κ1) is 16.8. The second-order valence-electron chi connectivity index (χ2n) is 10.4. The van der Waals surface area contributed by atoms with Gasteiger partial charge in [-0.05, 0) is 36.7 Å². The molecule has 7 aliphatic rings. The minimum Gasteiger partial charge on any atom is -0.458 e. The van der Waals surface area contributed by atoms with E-state index in [0.29, 0.717) is 19.4 Å². The van der Waals surface area contributed by atoms with Crippen LogP contribution >= 0.6 is 0 Å². The molecule has 0 aromatic carbocycles. The number of esters is 1. The van der Waals surface area contributed by atoms with E-state index in [1.165, 1.54) is 0 Å². The average Bonchev–Trinajstić information content (AvgIpc) is 3.54. The number of cyclic esters (lactones) is 1. The molecular weight excluding hydrogens is 364 g/mol. The molecule has 7 nitrogen and oxygen atoms in total. The molecule has 3 saturated heterocycles. The topological polar surface area (TPSA) is 104 Å². The van der Waals surface area contributed by atoms with Gasteiger partial charge in [0, 0.05) is 11.0 Å². The number of rotatable bonds is 2. The number of carbonyl (C=O) groups excluding carboxylic acids is 1. The Bertz CT molecular complexity index is 882. The molecule has 0 bridgehead atoms. The van der Waals surface area contributed by atoms with Crippen molar-refractivity contribution in [2.75, 3.05) is 13.2 Å². The lowest BCUT2D eigenvalue weighted by Crippen LogP contribution is -2.76. The molecule has 152 valence electrons. The molecule has 2 unspecified atom stereocenters. The molecule has 9 atom stereocenters. The molecule has 2 saturated carbocycles. The first-order valence-corrected chi connectivity index (χ1v) is 10.5. The summed E-state index contributed by atoms with van der Waals surface area (Å²) in [5.41, 5.74) is -2.32. The van der Waals surface area contributed by atoms with E-state index in [2.05, 4.69) is 6.92 Å². The Labute approximate surface area is 163 Å². The summed E-state index contributed by atoms with van der Waals surface area (Å²) < 4.78 is 24.4. The highest BCUT2D eigenvalue weighted by atomic mass is 16.8. The van der Waals surface area contributed by atoms with Crippen LogP contribution in [0.3, 0.4) is 0 Å². The molecule has 4 heterocycles. The molecule has 28 heavy (non-hydrogen) atoms. The van der Waals surface area contributed by atoms with E-state index < -0.39 is 29.0 Å². The van der Waals surface area contributed by atoms with Crippen LogP contribution in [0.4, 0.5) is 0 Å². The van der Waals surface area contributed by atoms with Gasteiger partial charge in [-0.1, -0.05) is 20.8 Å². The Kier molecular flexibility index (Phi) is 2.53. The van der Waals surface area contributed by atoms with Crippen LogP contribution in [-0.2, 0) is 23.7 Å². The molecule has 7 rings (SSSR count). The fourth-order valence-corrected chi connectivity index (χ4v) is 8.32. The second kappa shape index (κ2) is 4.23. The Morgan fingerprint density at radius 1 is 1.18 bits per heavy atom. The minimum absolute atomic E-state index is 0.0307. The van der Waals surface area contributed by atoms with E-state index in [-0.39, 0.29) is 41.5 Å². The summed E-state index contributed by atoms with van der Waals surface area (Å²) >= 11 is 0. The highest BCUT2D eigenvalue weighted by molar-refractivity contribution is 5.92. The van der Waals surface area contributed by atoms with Crippen LogP contribution in [0.25, 0.3) is 0 Å². The number of ether oxygens (including phenoxy) is 4. The van der Waals surface area contributed by atoms with Gasteiger partial charge in [0.15, 0.2) is 11.2 Å². The Balaban J connectivity index is 1.42. The molecular formula is C21H26O7. The highest BCUT2D eigenvalue weighted by Crippen LogP contribution is 2.85. The third kappa shape index (κ3) is 1.24. The number of aliphatic hydroxyl groups is 2. The second-order valence-corrected chi connectivity index (χ2v) is 10.4. The highest BCUT2D eigenvalue weighted by Gasteiger charge is 3.04. The number of carbonyl (C=O) groups is 1. The van der Waals surface area contributed by atoms with Gasteiger partial charge < -0.3 is 29.2 Å². The van der Waals surface area contributed by atoms with Crippen LogP contribution < -0.4 is 0 Å². The average molecular weight is 390 g/mol. The van der Waals surface area contributed by atoms with Crippen molar-refractivity contribution < 1.29 is 34.0 Å². The Morgan fingerprint density at radius 3 is 2.68 bits per heavy atom. The number of epoxide rings is 3. The van der Waals surface area contributed by atoms with E-state index in [1.54, 1.807) is 0 Å². The zero-order valence-electron chi connectivity index (χ0n) is 16.4. The van der Waals surface area contributed by atoms with Crippen molar-refractivity contribution in [3.8, 4) is 0 Å². The molecule has 0 aromatic heterocycles. The van der Waals surface area contributed by atoms with Gasteiger partial charge in [-0.15, -0.1) is 0 Å². The summed E-state index contributed by atoms with van der Waals surface area (Å²) in [6.45, 7) is 6.21. The van der Waals surface area contributed by atoms with E-state index in [1.807, 2.05) is 13.8 Å². The zero-order valence-corrected chi connectivity index (χ0v) is 16.4. The maximum atomic E-state index is 12.1. The minimum atomic E-state index is -1.50.